The molecule has 0 bridgehead atoms. The van der Waals surface area contributed by atoms with Crippen molar-refractivity contribution in [2.75, 3.05) is 11.4 Å². The molecule has 2 aliphatic carbocycles. The normalized spacial score (nSPS) is 24.7. The smallest absolute Gasteiger partial charge is 0.254 e. The van der Waals surface area contributed by atoms with Crippen LogP contribution in [0.1, 0.15) is 70.9 Å². The first-order valence-corrected chi connectivity index (χ1v) is 13.0. The Bertz CT molecular complexity index is 1450. The maximum absolute atomic E-state index is 12.9. The van der Waals surface area contributed by atoms with E-state index in [9.17, 15) is 14.9 Å². The molecule has 0 radical (unpaired) electrons. The van der Waals surface area contributed by atoms with E-state index in [4.69, 9.17) is 11.6 Å². The Morgan fingerprint density at radius 2 is 2.05 bits per heavy atom. The maximum atomic E-state index is 12.9. The fourth-order valence-corrected chi connectivity index (χ4v) is 5.87. The third kappa shape index (κ3) is 4.27. The summed E-state index contributed by atoms with van der Waals surface area (Å²) in [5, 5.41) is 17.5. The molecule has 1 saturated heterocycles. The van der Waals surface area contributed by atoms with Crippen LogP contribution in [0.15, 0.2) is 42.9 Å². The lowest BCUT2D eigenvalue weighted by atomic mass is 9.74. The molecule has 3 aromatic rings. The van der Waals surface area contributed by atoms with Crippen molar-refractivity contribution in [1.82, 2.24) is 20.1 Å². The molecule has 3 fully saturated rings. The predicted octanol–water partition coefficient (Wildman–Crippen LogP) is 4.38. The van der Waals surface area contributed by atoms with E-state index in [0.29, 0.717) is 22.1 Å². The van der Waals surface area contributed by atoms with Crippen LogP contribution in [0.2, 0.25) is 5.02 Å². The average molecular weight is 515 g/mol. The number of amides is 2. The molecule has 1 N–H and O–H groups in total. The van der Waals surface area contributed by atoms with Crippen LogP contribution in [0.4, 0.5) is 5.69 Å². The van der Waals surface area contributed by atoms with Crippen LogP contribution in [0, 0.1) is 30.1 Å². The molecule has 2 saturated carbocycles. The maximum Gasteiger partial charge on any atom is 0.254 e. The highest BCUT2D eigenvalue weighted by atomic mass is 35.5. The highest BCUT2D eigenvalue weighted by Crippen LogP contribution is 2.47. The topological polar surface area (TPSA) is 104 Å². The van der Waals surface area contributed by atoms with Gasteiger partial charge in [0.05, 0.1) is 47.0 Å². The van der Waals surface area contributed by atoms with Crippen LogP contribution in [0.5, 0.6) is 0 Å². The molecule has 3 atom stereocenters. The van der Waals surface area contributed by atoms with Gasteiger partial charge in [-0.3, -0.25) is 19.3 Å². The van der Waals surface area contributed by atoms with E-state index in [-0.39, 0.29) is 35.7 Å². The predicted molar refractivity (Wildman–Crippen MR) is 138 cm³/mol. The second-order valence-electron chi connectivity index (χ2n) is 10.5. The van der Waals surface area contributed by atoms with Crippen molar-refractivity contribution in [2.45, 2.75) is 51.1 Å². The summed E-state index contributed by atoms with van der Waals surface area (Å²) in [5.41, 5.74) is 4.76. The van der Waals surface area contributed by atoms with E-state index in [1.165, 1.54) is 0 Å². The van der Waals surface area contributed by atoms with Crippen molar-refractivity contribution < 1.29 is 9.59 Å². The van der Waals surface area contributed by atoms with E-state index >= 15 is 0 Å². The number of rotatable bonds is 6. The summed E-state index contributed by atoms with van der Waals surface area (Å²) in [6.07, 6.45) is 7.64. The molecule has 9 heteroatoms. The Kier molecular flexibility index (Phi) is 5.76. The molecule has 2 amide bonds. The van der Waals surface area contributed by atoms with Gasteiger partial charge in [0.1, 0.15) is 0 Å². The number of nitrogens with zero attached hydrogens (tertiary/aromatic N) is 5. The molecule has 37 heavy (non-hydrogen) atoms. The van der Waals surface area contributed by atoms with Gasteiger partial charge in [0.25, 0.3) is 5.91 Å². The summed E-state index contributed by atoms with van der Waals surface area (Å²) in [6.45, 7) is 4.77. The van der Waals surface area contributed by atoms with Gasteiger partial charge < -0.3 is 10.2 Å². The molecule has 3 aliphatic rings. The molecule has 2 aromatic heterocycles. The quantitative estimate of drug-likeness (QED) is 0.525. The van der Waals surface area contributed by atoms with Gasteiger partial charge in [-0.05, 0) is 80.3 Å². The fourth-order valence-electron chi connectivity index (χ4n) is 5.69. The minimum atomic E-state index is -0.168. The Labute approximate surface area is 220 Å². The van der Waals surface area contributed by atoms with E-state index < -0.39 is 0 Å². The summed E-state index contributed by atoms with van der Waals surface area (Å²) in [5.74, 6) is 0.980. The summed E-state index contributed by atoms with van der Waals surface area (Å²) in [6, 6.07) is 9.44. The van der Waals surface area contributed by atoms with Gasteiger partial charge in [-0.15, -0.1) is 0 Å². The molecule has 1 aliphatic heterocycles. The third-order valence-electron chi connectivity index (χ3n) is 8.04. The number of fused-ring (bicyclic) bond motifs is 1. The lowest BCUT2D eigenvalue weighted by molar-refractivity contribution is -0.118. The molecular formula is C28H27ClN6O2. The highest BCUT2D eigenvalue weighted by Gasteiger charge is 2.52. The molecule has 1 aromatic carbocycles. The van der Waals surface area contributed by atoms with Gasteiger partial charge in [-0.2, -0.15) is 10.4 Å². The van der Waals surface area contributed by atoms with Crippen molar-refractivity contribution in [3.05, 3.63) is 75.8 Å². The van der Waals surface area contributed by atoms with Crippen molar-refractivity contribution in [2.24, 2.45) is 11.8 Å². The first-order valence-electron chi connectivity index (χ1n) is 12.6. The fraction of sp³-hybridized carbons (Fsp3) is 0.393. The monoisotopic (exact) mass is 514 g/mol. The summed E-state index contributed by atoms with van der Waals surface area (Å²) in [4.78, 5) is 31.8. The lowest BCUT2D eigenvalue weighted by Gasteiger charge is -2.36. The summed E-state index contributed by atoms with van der Waals surface area (Å²) in [7, 11) is 0. The summed E-state index contributed by atoms with van der Waals surface area (Å²) >= 11 is 6.12. The van der Waals surface area contributed by atoms with Crippen molar-refractivity contribution in [1.29, 1.82) is 5.26 Å². The highest BCUT2D eigenvalue weighted by molar-refractivity contribution is 6.30. The number of nitriles is 1. The number of hydrogen-bond acceptors (Lipinski definition) is 5. The van der Waals surface area contributed by atoms with E-state index in [1.54, 1.807) is 35.4 Å². The summed E-state index contributed by atoms with van der Waals surface area (Å²) < 4.78 is 1.74. The van der Waals surface area contributed by atoms with Crippen molar-refractivity contribution >= 4 is 29.1 Å². The first kappa shape index (κ1) is 23.7. The van der Waals surface area contributed by atoms with Crippen LogP contribution >= 0.6 is 11.6 Å². The lowest BCUT2D eigenvalue weighted by Crippen LogP contribution is -2.43. The molecule has 1 unspecified atom stereocenters. The Morgan fingerprint density at radius 1 is 1.24 bits per heavy atom. The Morgan fingerprint density at radius 3 is 2.76 bits per heavy atom. The minimum Gasteiger partial charge on any atom is -0.349 e. The van der Waals surface area contributed by atoms with Gasteiger partial charge in [0, 0.05) is 29.7 Å². The third-order valence-corrected chi connectivity index (χ3v) is 8.28. The van der Waals surface area contributed by atoms with Crippen LogP contribution in [0.25, 0.3) is 0 Å². The van der Waals surface area contributed by atoms with E-state index in [1.807, 2.05) is 30.9 Å². The number of carbonyl (C=O) groups is 2. The number of anilines is 1. The van der Waals surface area contributed by atoms with Crippen LogP contribution in [-0.4, -0.2) is 39.2 Å². The van der Waals surface area contributed by atoms with Gasteiger partial charge in [0.2, 0.25) is 5.91 Å². The average Bonchev–Trinajstić information content (AvgIpc) is 3.31. The Hall–Kier alpha value is -3.70. The molecule has 8 nitrogen and oxygen atoms in total. The zero-order chi connectivity index (χ0) is 25.8. The van der Waals surface area contributed by atoms with Crippen LogP contribution in [0.3, 0.4) is 0 Å². The van der Waals surface area contributed by atoms with Crippen molar-refractivity contribution in [3.8, 4) is 6.07 Å². The number of hydrogen-bond donors (Lipinski definition) is 1. The van der Waals surface area contributed by atoms with Gasteiger partial charge in [-0.25, -0.2) is 0 Å². The number of nitrogens with one attached hydrogen (secondary N) is 1. The molecule has 6 rings (SSSR count). The number of benzene rings is 1. The minimum absolute atomic E-state index is 0.0413. The standard InChI is InChI=1S/C28H27ClN6O2/c1-15-5-23(34-13-19-8-25(19)28(34)37)12-31-26(15)16(2)35-14-20(11-32-35)27(36)33-22-6-18(7-22)24-9-21(29)4-3-17(24)10-30/h3-5,9,11-12,14,16,18-19,22,25H,6-8,13H2,1-2H3,(H,33,36)/t16?,18?,19-,22?,25-/m1/s1. The number of aromatic nitrogens is 3. The molecular weight excluding hydrogens is 488 g/mol. The van der Waals surface area contributed by atoms with E-state index in [2.05, 4.69) is 21.5 Å². The van der Waals surface area contributed by atoms with Crippen molar-refractivity contribution in [3.63, 3.8) is 0 Å². The number of pyridine rings is 1. The zero-order valence-electron chi connectivity index (χ0n) is 20.7. The molecule has 3 heterocycles. The first-order chi connectivity index (χ1) is 17.8. The van der Waals surface area contributed by atoms with Crippen LogP contribution in [-0.2, 0) is 4.79 Å². The molecule has 188 valence electrons. The number of aryl methyl sites for hydroxylation is 1. The Balaban J connectivity index is 1.08. The second kappa shape index (κ2) is 9.00. The van der Waals surface area contributed by atoms with Gasteiger partial charge >= 0.3 is 0 Å². The second-order valence-corrected chi connectivity index (χ2v) is 11.0. The van der Waals surface area contributed by atoms with Gasteiger partial charge in [0.15, 0.2) is 0 Å². The largest absolute Gasteiger partial charge is 0.349 e. The van der Waals surface area contributed by atoms with E-state index in [0.717, 1.165) is 48.3 Å². The number of halogens is 1. The molecule has 0 spiro atoms. The van der Waals surface area contributed by atoms with Crippen LogP contribution < -0.4 is 10.2 Å². The zero-order valence-corrected chi connectivity index (χ0v) is 21.4. The number of piperidine rings is 1. The van der Waals surface area contributed by atoms with Gasteiger partial charge in [-0.1, -0.05) is 11.6 Å². The SMILES string of the molecule is Cc1cc(N2C[C@H]3C[C@H]3C2=O)cnc1C(C)n1cc(C(=O)NC2CC(c3cc(Cl)ccc3C#N)C2)cn1. The number of carbonyl (C=O) groups excluding carboxylic acids is 2.